The Bertz CT molecular complexity index is 867. The van der Waals surface area contributed by atoms with Crippen molar-refractivity contribution in [3.05, 3.63) is 40.7 Å². The van der Waals surface area contributed by atoms with Crippen molar-refractivity contribution in [3.63, 3.8) is 0 Å². The van der Waals surface area contributed by atoms with Gasteiger partial charge in [-0.25, -0.2) is 0 Å². The Morgan fingerprint density at radius 3 is 2.65 bits per heavy atom. The highest BCUT2D eigenvalue weighted by Crippen LogP contribution is 2.15. The first-order chi connectivity index (χ1) is 11.0. The van der Waals surface area contributed by atoms with Crippen LogP contribution in [0, 0.1) is 20.8 Å². The highest BCUT2D eigenvalue weighted by molar-refractivity contribution is 7.00. The Morgan fingerprint density at radius 2 is 1.96 bits per heavy atom. The third-order valence-electron chi connectivity index (χ3n) is 4.19. The summed E-state index contributed by atoms with van der Waals surface area (Å²) in [5.74, 6) is 0.0344. The molecule has 0 aliphatic carbocycles. The van der Waals surface area contributed by atoms with Gasteiger partial charge in [0.2, 0.25) is 5.91 Å². The van der Waals surface area contributed by atoms with Crippen molar-refractivity contribution < 1.29 is 4.79 Å². The first kappa shape index (κ1) is 15.6. The number of likely N-dealkylation sites (N-methyl/N-ethyl adjacent to an activating group) is 1. The van der Waals surface area contributed by atoms with E-state index in [2.05, 4.69) is 13.8 Å². The van der Waals surface area contributed by atoms with Crippen LogP contribution in [0.2, 0.25) is 0 Å². The van der Waals surface area contributed by atoms with Crippen LogP contribution in [0.25, 0.3) is 11.0 Å². The van der Waals surface area contributed by atoms with E-state index < -0.39 is 0 Å². The first-order valence-corrected chi connectivity index (χ1v) is 8.14. The second kappa shape index (κ2) is 6.08. The highest BCUT2D eigenvalue weighted by atomic mass is 32.1. The van der Waals surface area contributed by atoms with Crippen LogP contribution in [0.4, 0.5) is 0 Å². The summed E-state index contributed by atoms with van der Waals surface area (Å²) in [6.07, 6.45) is 0. The quantitative estimate of drug-likeness (QED) is 0.737. The van der Waals surface area contributed by atoms with Gasteiger partial charge < -0.3 is 4.90 Å². The van der Waals surface area contributed by atoms with Gasteiger partial charge in [0.05, 0.1) is 17.4 Å². The maximum Gasteiger partial charge on any atom is 0.244 e. The van der Waals surface area contributed by atoms with Crippen LogP contribution in [0.3, 0.4) is 0 Å². The smallest absolute Gasteiger partial charge is 0.244 e. The van der Waals surface area contributed by atoms with E-state index in [1.165, 1.54) is 11.7 Å². The van der Waals surface area contributed by atoms with E-state index in [1.54, 1.807) is 9.58 Å². The number of fused-ring (bicyclic) bond motifs is 1. The van der Waals surface area contributed by atoms with Gasteiger partial charge in [0.25, 0.3) is 0 Å². The summed E-state index contributed by atoms with van der Waals surface area (Å²) >= 11 is 1.20. The number of rotatable bonds is 4. The summed E-state index contributed by atoms with van der Waals surface area (Å²) in [6.45, 7) is 6.79. The van der Waals surface area contributed by atoms with Crippen LogP contribution in [0.5, 0.6) is 0 Å². The Morgan fingerprint density at radius 1 is 1.22 bits per heavy atom. The predicted octanol–water partition coefficient (Wildman–Crippen LogP) is 2.47. The van der Waals surface area contributed by atoms with Crippen LogP contribution in [-0.2, 0) is 17.9 Å². The van der Waals surface area contributed by atoms with Crippen LogP contribution < -0.4 is 0 Å². The van der Waals surface area contributed by atoms with Gasteiger partial charge in [-0.05, 0) is 44.0 Å². The lowest BCUT2D eigenvalue weighted by atomic mass is 10.2. The number of carbonyl (C=O) groups is 1. The topological polar surface area (TPSA) is 63.9 Å². The summed E-state index contributed by atoms with van der Waals surface area (Å²) in [5.41, 5.74) is 5.97. The SMILES string of the molecule is Cc1nn(CC(=O)N(C)Cc2ccc3nsnc3c2)c(C)c1C. The maximum atomic E-state index is 12.4. The number of carbonyl (C=O) groups excluding carboxylic acids is 1. The molecule has 2 aromatic heterocycles. The largest absolute Gasteiger partial charge is 0.340 e. The van der Waals surface area contributed by atoms with Crippen LogP contribution in [0.15, 0.2) is 18.2 Å². The Labute approximate surface area is 139 Å². The molecule has 0 saturated carbocycles. The lowest BCUT2D eigenvalue weighted by Crippen LogP contribution is -2.30. The van der Waals surface area contributed by atoms with Gasteiger partial charge in [-0.2, -0.15) is 13.8 Å². The van der Waals surface area contributed by atoms with Gasteiger partial charge in [0.15, 0.2) is 0 Å². The molecule has 0 aliphatic heterocycles. The molecule has 0 bridgehead atoms. The molecule has 6 nitrogen and oxygen atoms in total. The van der Waals surface area contributed by atoms with E-state index in [1.807, 2.05) is 46.0 Å². The molecule has 0 spiro atoms. The van der Waals surface area contributed by atoms with Crippen molar-refractivity contribution in [2.45, 2.75) is 33.9 Å². The number of benzene rings is 1. The zero-order chi connectivity index (χ0) is 16.6. The monoisotopic (exact) mass is 329 g/mol. The van der Waals surface area contributed by atoms with Gasteiger partial charge in [0, 0.05) is 19.3 Å². The maximum absolute atomic E-state index is 12.4. The zero-order valence-corrected chi connectivity index (χ0v) is 14.5. The summed E-state index contributed by atoms with van der Waals surface area (Å²) in [7, 11) is 1.81. The summed E-state index contributed by atoms with van der Waals surface area (Å²) < 4.78 is 10.2. The van der Waals surface area contributed by atoms with Gasteiger partial charge in [0.1, 0.15) is 17.6 Å². The fraction of sp³-hybridized carbons (Fsp3) is 0.375. The molecule has 3 rings (SSSR count). The molecular formula is C16H19N5OS. The zero-order valence-electron chi connectivity index (χ0n) is 13.7. The second-order valence-corrected chi connectivity index (χ2v) is 6.32. The van der Waals surface area contributed by atoms with Crippen molar-refractivity contribution in [1.29, 1.82) is 0 Å². The molecule has 0 atom stereocenters. The number of hydrogen-bond acceptors (Lipinski definition) is 5. The average molecular weight is 329 g/mol. The van der Waals surface area contributed by atoms with Crippen molar-refractivity contribution in [2.75, 3.05) is 7.05 Å². The molecule has 0 aliphatic rings. The van der Waals surface area contributed by atoms with Crippen molar-refractivity contribution in [3.8, 4) is 0 Å². The number of hydrogen-bond donors (Lipinski definition) is 0. The van der Waals surface area contributed by atoms with Gasteiger partial charge >= 0.3 is 0 Å². The van der Waals surface area contributed by atoms with E-state index in [9.17, 15) is 4.79 Å². The van der Waals surface area contributed by atoms with Gasteiger partial charge in [-0.3, -0.25) is 9.48 Å². The van der Waals surface area contributed by atoms with E-state index >= 15 is 0 Å². The fourth-order valence-electron chi connectivity index (χ4n) is 2.48. The molecule has 0 fully saturated rings. The van der Waals surface area contributed by atoms with Crippen LogP contribution in [-0.4, -0.2) is 36.4 Å². The van der Waals surface area contributed by atoms with Crippen LogP contribution in [0.1, 0.15) is 22.5 Å². The molecular weight excluding hydrogens is 310 g/mol. The molecule has 7 heteroatoms. The number of amides is 1. The normalized spacial score (nSPS) is 11.1. The van der Waals surface area contributed by atoms with Crippen LogP contribution >= 0.6 is 11.7 Å². The molecule has 0 saturated heterocycles. The molecule has 0 radical (unpaired) electrons. The molecule has 2 heterocycles. The molecule has 0 unspecified atom stereocenters. The van der Waals surface area contributed by atoms with E-state index in [0.717, 1.165) is 33.5 Å². The Kier molecular flexibility index (Phi) is 4.12. The highest BCUT2D eigenvalue weighted by Gasteiger charge is 2.14. The third-order valence-corrected chi connectivity index (χ3v) is 4.75. The average Bonchev–Trinajstić information content (AvgIpc) is 3.08. The molecule has 23 heavy (non-hydrogen) atoms. The molecule has 3 aromatic rings. The molecule has 120 valence electrons. The Balaban J connectivity index is 1.70. The standard InChI is InChI=1S/C16H19N5OS/c1-10-11(2)17-21(12(10)3)9-16(22)20(4)8-13-5-6-14-15(7-13)19-23-18-14/h5-7H,8-9H2,1-4H3. The summed E-state index contributed by atoms with van der Waals surface area (Å²) in [4.78, 5) is 14.2. The van der Waals surface area contributed by atoms with E-state index in [0.29, 0.717) is 6.54 Å². The minimum Gasteiger partial charge on any atom is -0.340 e. The molecule has 1 amide bonds. The fourth-order valence-corrected chi connectivity index (χ4v) is 2.99. The number of aryl methyl sites for hydroxylation is 1. The lowest BCUT2D eigenvalue weighted by Gasteiger charge is -2.17. The van der Waals surface area contributed by atoms with Crippen molar-refractivity contribution in [2.24, 2.45) is 0 Å². The number of aromatic nitrogens is 4. The Hall–Kier alpha value is -2.28. The number of nitrogens with zero attached hydrogens (tertiary/aromatic N) is 5. The first-order valence-electron chi connectivity index (χ1n) is 7.41. The minimum absolute atomic E-state index is 0.0344. The van der Waals surface area contributed by atoms with E-state index in [4.69, 9.17) is 0 Å². The third kappa shape index (κ3) is 3.10. The molecule has 1 aromatic carbocycles. The van der Waals surface area contributed by atoms with Gasteiger partial charge in [-0.15, -0.1) is 0 Å². The predicted molar refractivity (Wildman–Crippen MR) is 90.3 cm³/mol. The lowest BCUT2D eigenvalue weighted by molar-refractivity contribution is -0.131. The summed E-state index contributed by atoms with van der Waals surface area (Å²) in [6, 6.07) is 5.91. The molecule has 0 N–H and O–H groups in total. The van der Waals surface area contributed by atoms with Gasteiger partial charge in [-0.1, -0.05) is 6.07 Å². The second-order valence-electron chi connectivity index (χ2n) is 5.79. The van der Waals surface area contributed by atoms with E-state index in [-0.39, 0.29) is 12.5 Å². The summed E-state index contributed by atoms with van der Waals surface area (Å²) in [5, 5.41) is 4.43. The van der Waals surface area contributed by atoms with Crippen molar-refractivity contribution in [1.82, 2.24) is 23.4 Å². The minimum atomic E-state index is 0.0344. The van der Waals surface area contributed by atoms with Crippen molar-refractivity contribution >= 4 is 28.7 Å².